The van der Waals surface area contributed by atoms with E-state index in [1.807, 2.05) is 0 Å². The largest absolute Gasteiger partial charge is 0.396 e. The van der Waals surface area contributed by atoms with Crippen molar-refractivity contribution >= 4 is 11.4 Å². The molecule has 2 aromatic rings. The maximum atomic E-state index is 9.41. The second-order valence-corrected chi connectivity index (χ2v) is 12.7. The van der Waals surface area contributed by atoms with Gasteiger partial charge in [-0.2, -0.15) is 0 Å². The van der Waals surface area contributed by atoms with Crippen LogP contribution in [0.3, 0.4) is 0 Å². The molecule has 0 radical (unpaired) electrons. The minimum atomic E-state index is -0.220. The van der Waals surface area contributed by atoms with E-state index in [1.54, 1.807) is 7.11 Å². The summed E-state index contributed by atoms with van der Waals surface area (Å²) in [6.45, 7) is 12.2. The fourth-order valence-electron chi connectivity index (χ4n) is 5.51. The first-order valence-corrected chi connectivity index (χ1v) is 15.0. The van der Waals surface area contributed by atoms with Crippen LogP contribution in [0.25, 0.3) is 0 Å². The van der Waals surface area contributed by atoms with E-state index in [0.29, 0.717) is 6.61 Å². The molecule has 0 aliphatic heterocycles. The summed E-state index contributed by atoms with van der Waals surface area (Å²) in [6.07, 6.45) is 8.23. The Kier molecular flexibility index (Phi) is 11.9. The highest BCUT2D eigenvalue weighted by atomic mass is 16.5. The Labute approximate surface area is 248 Å². The molecular weight excluding hydrogens is 510 g/mol. The minimum Gasteiger partial charge on any atom is -0.396 e. The van der Waals surface area contributed by atoms with Crippen LogP contribution in [0.1, 0.15) is 77.3 Å². The number of rotatable bonds is 16. The molecule has 41 heavy (non-hydrogen) atoms. The average Bonchev–Trinajstić information content (AvgIpc) is 2.92. The topological polar surface area (TPSA) is 66.0 Å². The molecule has 6 heteroatoms. The summed E-state index contributed by atoms with van der Waals surface area (Å²) < 4.78 is 11.5. The lowest BCUT2D eigenvalue weighted by atomic mass is 9.80. The van der Waals surface area contributed by atoms with Crippen molar-refractivity contribution in [2.45, 2.75) is 83.5 Å². The van der Waals surface area contributed by atoms with Crippen LogP contribution in [0.2, 0.25) is 0 Å². The number of allylic oxidation sites excluding steroid dienone is 4. The zero-order chi connectivity index (χ0) is 30.0. The predicted octanol–water partition coefficient (Wildman–Crippen LogP) is 6.87. The van der Waals surface area contributed by atoms with Gasteiger partial charge in [0.15, 0.2) is 0 Å². The number of benzene rings is 2. The number of nitrogens with zero attached hydrogens (tertiary/aromatic N) is 1. The normalized spacial score (nSPS) is 15.5. The maximum Gasteiger partial charge on any atom is 0.0652 e. The number of hydrogen-bond donors (Lipinski definition) is 3. The number of aliphatic hydroxyl groups excluding tert-OH is 1. The van der Waals surface area contributed by atoms with Gasteiger partial charge in [-0.15, -0.1) is 0 Å². The molecule has 2 unspecified atom stereocenters. The summed E-state index contributed by atoms with van der Waals surface area (Å²) in [7, 11) is 5.89. The SMILES string of the molecule is COC(C)CC(C)(C)OCCNc1ccc(C(C2=CC=C(NC(C)(C)CCO)CC2)c2ccc(N(C)C)cc2)cc1. The first-order chi connectivity index (χ1) is 19.4. The molecule has 0 aromatic heterocycles. The second-order valence-electron chi connectivity index (χ2n) is 12.7. The molecule has 1 aliphatic rings. The van der Waals surface area contributed by atoms with Crippen LogP contribution >= 0.6 is 0 Å². The minimum absolute atomic E-state index is 0.126. The van der Waals surface area contributed by atoms with E-state index in [-0.39, 0.29) is 29.8 Å². The monoisotopic (exact) mass is 563 g/mol. The molecule has 0 bridgehead atoms. The Morgan fingerprint density at radius 3 is 2.10 bits per heavy atom. The van der Waals surface area contributed by atoms with E-state index in [2.05, 4.69) is 125 Å². The summed E-state index contributed by atoms with van der Waals surface area (Å²) in [5.41, 5.74) is 7.18. The van der Waals surface area contributed by atoms with E-state index in [0.717, 1.165) is 37.9 Å². The lowest BCUT2D eigenvalue weighted by Gasteiger charge is -2.31. The fraction of sp³-hybridized carbons (Fsp3) is 0.543. The Morgan fingerprint density at radius 2 is 1.56 bits per heavy atom. The van der Waals surface area contributed by atoms with E-state index >= 15 is 0 Å². The summed E-state index contributed by atoms with van der Waals surface area (Å²) in [5.74, 6) is 0.190. The predicted molar refractivity (Wildman–Crippen MR) is 173 cm³/mol. The number of hydrogen-bond acceptors (Lipinski definition) is 6. The summed E-state index contributed by atoms with van der Waals surface area (Å²) in [5, 5.41) is 16.6. The number of aliphatic hydroxyl groups is 1. The van der Waals surface area contributed by atoms with Gasteiger partial charge < -0.3 is 30.1 Å². The Bertz CT molecular complexity index is 1130. The Balaban J connectivity index is 1.74. The van der Waals surface area contributed by atoms with Crippen LogP contribution in [-0.4, -0.2) is 63.3 Å². The highest BCUT2D eigenvalue weighted by molar-refractivity contribution is 5.53. The van der Waals surface area contributed by atoms with Crippen LogP contribution in [-0.2, 0) is 9.47 Å². The van der Waals surface area contributed by atoms with Crippen molar-refractivity contribution in [2.24, 2.45) is 0 Å². The zero-order valence-electron chi connectivity index (χ0n) is 26.6. The smallest absolute Gasteiger partial charge is 0.0652 e. The molecule has 1 aliphatic carbocycles. The summed E-state index contributed by atoms with van der Waals surface area (Å²) in [6, 6.07) is 17.8. The van der Waals surface area contributed by atoms with Crippen LogP contribution < -0.4 is 15.5 Å². The molecule has 2 aromatic carbocycles. The van der Waals surface area contributed by atoms with Gasteiger partial charge in [0.05, 0.1) is 18.3 Å². The molecule has 0 heterocycles. The van der Waals surface area contributed by atoms with Gasteiger partial charge in [-0.25, -0.2) is 0 Å². The molecule has 3 rings (SSSR count). The van der Waals surface area contributed by atoms with Crippen molar-refractivity contribution in [1.29, 1.82) is 0 Å². The van der Waals surface area contributed by atoms with Gasteiger partial charge >= 0.3 is 0 Å². The van der Waals surface area contributed by atoms with E-state index in [1.165, 1.54) is 28.1 Å². The Hall–Kier alpha value is -2.80. The second kappa shape index (κ2) is 14.9. The van der Waals surface area contributed by atoms with E-state index < -0.39 is 0 Å². The number of methoxy groups -OCH3 is 1. The maximum absolute atomic E-state index is 9.41. The van der Waals surface area contributed by atoms with Gasteiger partial charge in [-0.1, -0.05) is 35.9 Å². The van der Waals surface area contributed by atoms with Crippen LogP contribution in [0.15, 0.2) is 72.0 Å². The highest BCUT2D eigenvalue weighted by Gasteiger charge is 2.24. The van der Waals surface area contributed by atoms with Crippen molar-refractivity contribution in [1.82, 2.24) is 5.32 Å². The number of ether oxygens (including phenoxy) is 2. The van der Waals surface area contributed by atoms with Crippen molar-refractivity contribution < 1.29 is 14.6 Å². The van der Waals surface area contributed by atoms with Crippen molar-refractivity contribution in [3.05, 3.63) is 83.1 Å². The molecule has 0 saturated heterocycles. The molecule has 0 spiro atoms. The Morgan fingerprint density at radius 1 is 0.927 bits per heavy atom. The number of nitrogens with one attached hydrogen (secondary N) is 2. The quantitative estimate of drug-likeness (QED) is 0.194. The lowest BCUT2D eigenvalue weighted by molar-refractivity contribution is -0.0494. The summed E-state index contributed by atoms with van der Waals surface area (Å²) in [4.78, 5) is 2.14. The third-order valence-electron chi connectivity index (χ3n) is 7.88. The first-order valence-electron chi connectivity index (χ1n) is 15.0. The van der Waals surface area contributed by atoms with E-state index in [4.69, 9.17) is 9.47 Å². The van der Waals surface area contributed by atoms with Gasteiger partial charge in [0, 0.05) is 69.3 Å². The molecular formula is C35H53N3O3. The third kappa shape index (κ3) is 10.2. The van der Waals surface area contributed by atoms with Crippen LogP contribution in [0.4, 0.5) is 11.4 Å². The lowest BCUT2D eigenvalue weighted by Crippen LogP contribution is -2.39. The molecule has 6 nitrogen and oxygen atoms in total. The van der Waals surface area contributed by atoms with Crippen molar-refractivity contribution in [3.8, 4) is 0 Å². The average molecular weight is 564 g/mol. The summed E-state index contributed by atoms with van der Waals surface area (Å²) >= 11 is 0. The van der Waals surface area contributed by atoms with Gasteiger partial charge in [0.2, 0.25) is 0 Å². The highest BCUT2D eigenvalue weighted by Crippen LogP contribution is 2.38. The third-order valence-corrected chi connectivity index (χ3v) is 7.88. The van der Waals surface area contributed by atoms with Crippen molar-refractivity contribution in [3.63, 3.8) is 0 Å². The van der Waals surface area contributed by atoms with Gasteiger partial charge in [-0.3, -0.25) is 0 Å². The first kappa shape index (κ1) is 32.7. The zero-order valence-corrected chi connectivity index (χ0v) is 26.6. The van der Waals surface area contributed by atoms with Gasteiger partial charge in [-0.05, 0) is 95.3 Å². The molecule has 0 saturated carbocycles. The van der Waals surface area contributed by atoms with Crippen LogP contribution in [0.5, 0.6) is 0 Å². The van der Waals surface area contributed by atoms with Crippen molar-refractivity contribution in [2.75, 3.05) is 51.2 Å². The number of anilines is 2. The standard InChI is InChI=1S/C35H53N3O3/c1-26(40-8)25-35(4,5)41-24-22-36-30-15-9-27(10-16-30)33(29-13-19-32(20-14-29)38(6)7)28-11-17-31(18-12-28)37-34(2,3)21-23-39/h9-11,13-17,19-20,26,33,36-37,39H,12,18,21-25H2,1-8H3. The molecule has 2 atom stereocenters. The molecule has 0 fully saturated rings. The van der Waals surface area contributed by atoms with Gasteiger partial charge in [0.1, 0.15) is 0 Å². The van der Waals surface area contributed by atoms with E-state index in [9.17, 15) is 5.11 Å². The van der Waals surface area contributed by atoms with Gasteiger partial charge in [0.25, 0.3) is 0 Å². The molecule has 226 valence electrons. The molecule has 0 amide bonds. The molecule has 3 N–H and O–H groups in total. The fourth-order valence-corrected chi connectivity index (χ4v) is 5.51. The van der Waals surface area contributed by atoms with Crippen LogP contribution in [0, 0.1) is 0 Å².